The molecule has 3 nitrogen and oxygen atoms in total. The molecule has 0 aromatic carbocycles. The van der Waals surface area contributed by atoms with Crippen molar-refractivity contribution in [2.24, 2.45) is 11.5 Å². The maximum absolute atomic E-state index is 5.61. The van der Waals surface area contributed by atoms with Gasteiger partial charge in [0.2, 0.25) is 0 Å². The van der Waals surface area contributed by atoms with Crippen molar-refractivity contribution in [3.8, 4) is 0 Å². The van der Waals surface area contributed by atoms with Gasteiger partial charge in [0.25, 0.3) is 0 Å². The Morgan fingerprint density at radius 3 is 2.40 bits per heavy atom. The first-order valence-corrected chi connectivity index (χ1v) is 3.91. The third-order valence-corrected chi connectivity index (χ3v) is 1.45. The molecular formula is C7H19N3. The van der Waals surface area contributed by atoms with E-state index in [0.717, 1.165) is 19.4 Å². The van der Waals surface area contributed by atoms with Crippen LogP contribution >= 0.6 is 0 Å². The summed E-state index contributed by atoms with van der Waals surface area (Å²) in [5, 5.41) is 3.16. The lowest BCUT2D eigenvalue weighted by Crippen LogP contribution is -2.38. The van der Waals surface area contributed by atoms with Gasteiger partial charge >= 0.3 is 0 Å². The molecule has 2 unspecified atom stereocenters. The number of hydrogen-bond acceptors (Lipinski definition) is 3. The first-order valence-electron chi connectivity index (χ1n) is 3.91. The van der Waals surface area contributed by atoms with E-state index in [1.807, 2.05) is 6.92 Å². The van der Waals surface area contributed by atoms with Crippen LogP contribution in [0.25, 0.3) is 0 Å². The Morgan fingerprint density at radius 2 is 2.00 bits per heavy atom. The fraction of sp³-hybridized carbons (Fsp3) is 1.00. The van der Waals surface area contributed by atoms with E-state index < -0.39 is 0 Å². The third kappa shape index (κ3) is 6.01. The second-order valence-corrected chi connectivity index (χ2v) is 2.73. The van der Waals surface area contributed by atoms with Gasteiger partial charge in [-0.25, -0.2) is 0 Å². The van der Waals surface area contributed by atoms with E-state index in [-0.39, 0.29) is 12.2 Å². The first kappa shape index (κ1) is 9.88. The monoisotopic (exact) mass is 145 g/mol. The molecule has 62 valence electrons. The highest BCUT2D eigenvalue weighted by Gasteiger charge is 1.97. The average molecular weight is 145 g/mol. The molecule has 0 rings (SSSR count). The number of nitrogens with one attached hydrogen (secondary N) is 1. The van der Waals surface area contributed by atoms with Crippen LogP contribution in [0.4, 0.5) is 0 Å². The van der Waals surface area contributed by atoms with Gasteiger partial charge in [-0.15, -0.1) is 0 Å². The average Bonchev–Trinajstić information content (AvgIpc) is 1.87. The van der Waals surface area contributed by atoms with Crippen LogP contribution in [-0.2, 0) is 0 Å². The highest BCUT2D eigenvalue weighted by atomic mass is 15.0. The molecule has 0 aromatic rings. The predicted molar refractivity (Wildman–Crippen MR) is 44.5 cm³/mol. The third-order valence-electron chi connectivity index (χ3n) is 1.45. The fourth-order valence-electron chi connectivity index (χ4n) is 0.641. The van der Waals surface area contributed by atoms with Gasteiger partial charge in [0.15, 0.2) is 0 Å². The molecule has 5 N–H and O–H groups in total. The van der Waals surface area contributed by atoms with Crippen LogP contribution < -0.4 is 16.8 Å². The summed E-state index contributed by atoms with van der Waals surface area (Å²) in [6.45, 7) is 4.98. The number of nitrogens with two attached hydrogens (primary N) is 2. The Labute approximate surface area is 63.2 Å². The zero-order valence-corrected chi connectivity index (χ0v) is 6.93. The smallest absolute Gasteiger partial charge is 0.0543 e. The maximum atomic E-state index is 5.61. The van der Waals surface area contributed by atoms with E-state index in [0.29, 0.717) is 0 Å². The highest BCUT2D eigenvalue weighted by Crippen LogP contribution is 1.85. The molecule has 0 bridgehead atoms. The van der Waals surface area contributed by atoms with Crippen molar-refractivity contribution in [3.63, 3.8) is 0 Å². The van der Waals surface area contributed by atoms with Gasteiger partial charge < -0.3 is 16.8 Å². The molecule has 0 radical (unpaired) electrons. The lowest BCUT2D eigenvalue weighted by atomic mass is 10.2. The summed E-state index contributed by atoms with van der Waals surface area (Å²) in [5.41, 5.74) is 11.1. The van der Waals surface area contributed by atoms with Crippen LogP contribution in [0.3, 0.4) is 0 Å². The van der Waals surface area contributed by atoms with Crippen molar-refractivity contribution < 1.29 is 0 Å². The summed E-state index contributed by atoms with van der Waals surface area (Å²) in [6, 6.07) is 0.275. The van der Waals surface area contributed by atoms with Crippen molar-refractivity contribution >= 4 is 0 Å². The molecule has 0 saturated carbocycles. The van der Waals surface area contributed by atoms with Crippen molar-refractivity contribution in [3.05, 3.63) is 0 Å². The molecule has 10 heavy (non-hydrogen) atoms. The Balaban J connectivity index is 3.03. The molecule has 0 heterocycles. The van der Waals surface area contributed by atoms with Crippen LogP contribution in [0, 0.1) is 0 Å². The summed E-state index contributed by atoms with van der Waals surface area (Å²) in [7, 11) is 0. The Morgan fingerprint density at radius 1 is 1.40 bits per heavy atom. The Hall–Kier alpha value is -0.120. The molecule has 0 aromatic heterocycles. The van der Waals surface area contributed by atoms with Crippen LogP contribution in [0.15, 0.2) is 0 Å². The summed E-state index contributed by atoms with van der Waals surface area (Å²) in [5.74, 6) is 0. The normalized spacial score (nSPS) is 16.8. The predicted octanol–water partition coefficient (Wildman–Crippen LogP) is 0.00810. The minimum Gasteiger partial charge on any atom is -0.328 e. The zero-order valence-electron chi connectivity index (χ0n) is 6.93. The quantitative estimate of drug-likeness (QED) is 0.477. The van der Waals surface area contributed by atoms with E-state index in [2.05, 4.69) is 12.2 Å². The van der Waals surface area contributed by atoms with Gasteiger partial charge in [-0.2, -0.15) is 0 Å². The van der Waals surface area contributed by atoms with Gasteiger partial charge in [-0.3, -0.25) is 0 Å². The van der Waals surface area contributed by atoms with Crippen LogP contribution in [0.1, 0.15) is 26.7 Å². The van der Waals surface area contributed by atoms with Crippen LogP contribution in [0.2, 0.25) is 0 Å². The van der Waals surface area contributed by atoms with Crippen molar-refractivity contribution in [2.75, 3.05) is 6.54 Å². The minimum absolute atomic E-state index is 0.138. The van der Waals surface area contributed by atoms with E-state index >= 15 is 0 Å². The molecule has 0 amide bonds. The van der Waals surface area contributed by atoms with Crippen molar-refractivity contribution in [2.45, 2.75) is 38.9 Å². The standard InChI is InChI=1S/C7H19N3/c1-3-7(9)10-5-4-6(2)8/h6-7,10H,3-5,8-9H2,1-2H3. The lowest BCUT2D eigenvalue weighted by Gasteiger charge is -2.11. The molecule has 0 saturated heterocycles. The van der Waals surface area contributed by atoms with Gasteiger partial charge in [0.05, 0.1) is 6.17 Å². The summed E-state index contributed by atoms with van der Waals surface area (Å²) < 4.78 is 0. The highest BCUT2D eigenvalue weighted by molar-refractivity contribution is 4.59. The number of hydrogen-bond donors (Lipinski definition) is 3. The molecule has 0 aliphatic carbocycles. The van der Waals surface area contributed by atoms with Crippen molar-refractivity contribution in [1.29, 1.82) is 0 Å². The van der Waals surface area contributed by atoms with Gasteiger partial charge in [0.1, 0.15) is 0 Å². The van der Waals surface area contributed by atoms with Crippen LogP contribution in [-0.4, -0.2) is 18.8 Å². The van der Waals surface area contributed by atoms with E-state index in [9.17, 15) is 0 Å². The SMILES string of the molecule is CCC(N)NCCC(C)N. The van der Waals surface area contributed by atoms with E-state index in [4.69, 9.17) is 11.5 Å². The summed E-state index contributed by atoms with van der Waals surface area (Å²) in [6.07, 6.45) is 2.10. The van der Waals surface area contributed by atoms with Gasteiger partial charge in [-0.1, -0.05) is 6.92 Å². The topological polar surface area (TPSA) is 64.1 Å². The maximum Gasteiger partial charge on any atom is 0.0543 e. The Bertz CT molecular complexity index is 73.3. The molecular weight excluding hydrogens is 126 g/mol. The molecule has 0 aliphatic heterocycles. The molecule has 2 atom stereocenters. The largest absolute Gasteiger partial charge is 0.328 e. The first-order chi connectivity index (χ1) is 4.66. The van der Waals surface area contributed by atoms with E-state index in [1.165, 1.54) is 0 Å². The zero-order chi connectivity index (χ0) is 7.98. The second-order valence-electron chi connectivity index (χ2n) is 2.73. The minimum atomic E-state index is 0.138. The molecule has 3 heteroatoms. The van der Waals surface area contributed by atoms with Crippen molar-refractivity contribution in [1.82, 2.24) is 5.32 Å². The lowest BCUT2D eigenvalue weighted by molar-refractivity contribution is 0.488. The number of rotatable bonds is 5. The molecule has 0 fully saturated rings. The fourth-order valence-corrected chi connectivity index (χ4v) is 0.641. The van der Waals surface area contributed by atoms with Gasteiger partial charge in [-0.05, 0) is 26.3 Å². The molecule has 0 aliphatic rings. The van der Waals surface area contributed by atoms with E-state index in [1.54, 1.807) is 0 Å². The second kappa shape index (κ2) is 5.65. The Kier molecular flexibility index (Phi) is 5.58. The van der Waals surface area contributed by atoms with Gasteiger partial charge in [0, 0.05) is 6.04 Å². The summed E-state index contributed by atoms with van der Waals surface area (Å²) >= 11 is 0. The summed E-state index contributed by atoms with van der Waals surface area (Å²) in [4.78, 5) is 0. The van der Waals surface area contributed by atoms with Crippen LogP contribution in [0.5, 0.6) is 0 Å². The molecule has 0 spiro atoms.